The van der Waals surface area contributed by atoms with Crippen LogP contribution in [0, 0.1) is 0 Å². The SMILES string of the molecule is COCCOCC(=O)N1CCC(c2ccc(NC(=O)N3Cc4ccccc4C3)cc2)CC1. The minimum atomic E-state index is -0.0755. The summed E-state index contributed by atoms with van der Waals surface area (Å²) in [5.41, 5.74) is 4.48. The molecule has 2 aromatic rings. The van der Waals surface area contributed by atoms with Gasteiger partial charge in [-0.2, -0.15) is 0 Å². The second kappa shape index (κ2) is 10.6. The van der Waals surface area contributed by atoms with Gasteiger partial charge in [0.05, 0.1) is 13.2 Å². The summed E-state index contributed by atoms with van der Waals surface area (Å²) in [6.07, 6.45) is 1.86. The van der Waals surface area contributed by atoms with E-state index < -0.39 is 0 Å². The van der Waals surface area contributed by atoms with Gasteiger partial charge in [0.1, 0.15) is 6.61 Å². The fourth-order valence-electron chi connectivity index (χ4n) is 4.37. The summed E-state index contributed by atoms with van der Waals surface area (Å²) in [6, 6.07) is 16.2. The molecule has 2 aliphatic rings. The maximum atomic E-state index is 12.6. The number of carbonyl (C=O) groups is 2. The summed E-state index contributed by atoms with van der Waals surface area (Å²) in [5.74, 6) is 0.466. The molecule has 1 saturated heterocycles. The average molecular weight is 438 g/mol. The van der Waals surface area contributed by atoms with Crippen molar-refractivity contribution in [2.24, 2.45) is 0 Å². The lowest BCUT2D eigenvalue weighted by Gasteiger charge is -2.32. The Bertz CT molecular complexity index is 898. The summed E-state index contributed by atoms with van der Waals surface area (Å²) in [5, 5.41) is 3.01. The van der Waals surface area contributed by atoms with E-state index in [4.69, 9.17) is 9.47 Å². The van der Waals surface area contributed by atoms with E-state index in [1.807, 2.05) is 34.1 Å². The molecule has 32 heavy (non-hydrogen) atoms. The van der Waals surface area contributed by atoms with Crippen molar-refractivity contribution in [1.29, 1.82) is 0 Å². The number of hydrogen-bond donors (Lipinski definition) is 1. The number of urea groups is 1. The Morgan fingerprint density at radius 2 is 1.59 bits per heavy atom. The number of nitrogens with zero attached hydrogens (tertiary/aromatic N) is 2. The van der Waals surface area contributed by atoms with E-state index in [1.165, 1.54) is 16.7 Å². The van der Waals surface area contributed by atoms with Crippen molar-refractivity contribution in [3.8, 4) is 0 Å². The van der Waals surface area contributed by atoms with Gasteiger partial charge in [0, 0.05) is 39.0 Å². The molecule has 0 saturated carbocycles. The van der Waals surface area contributed by atoms with Crippen molar-refractivity contribution in [2.75, 3.05) is 45.3 Å². The molecule has 0 atom stereocenters. The number of rotatable bonds is 7. The van der Waals surface area contributed by atoms with Gasteiger partial charge in [-0.15, -0.1) is 0 Å². The number of ether oxygens (including phenoxy) is 2. The predicted octanol–water partition coefficient (Wildman–Crippen LogP) is 3.60. The molecule has 0 spiro atoms. The highest BCUT2D eigenvalue weighted by Gasteiger charge is 2.25. The molecule has 7 nitrogen and oxygen atoms in total. The van der Waals surface area contributed by atoms with Crippen LogP contribution in [-0.2, 0) is 27.4 Å². The van der Waals surface area contributed by atoms with Crippen LogP contribution >= 0.6 is 0 Å². The van der Waals surface area contributed by atoms with Crippen molar-refractivity contribution in [2.45, 2.75) is 31.8 Å². The summed E-state index contributed by atoms with van der Waals surface area (Å²) in [4.78, 5) is 28.6. The van der Waals surface area contributed by atoms with E-state index in [-0.39, 0.29) is 18.5 Å². The highest BCUT2D eigenvalue weighted by molar-refractivity contribution is 5.89. The van der Waals surface area contributed by atoms with Crippen LogP contribution < -0.4 is 5.32 Å². The molecule has 3 amide bonds. The van der Waals surface area contributed by atoms with Crippen LogP contribution in [-0.4, -0.2) is 61.8 Å². The number of benzene rings is 2. The fraction of sp³-hybridized carbons (Fsp3) is 0.440. The van der Waals surface area contributed by atoms with Crippen LogP contribution in [0.15, 0.2) is 48.5 Å². The number of hydrogen-bond acceptors (Lipinski definition) is 4. The maximum Gasteiger partial charge on any atom is 0.322 e. The van der Waals surface area contributed by atoms with Gasteiger partial charge in [-0.1, -0.05) is 36.4 Å². The number of methoxy groups -OCH3 is 1. The lowest BCUT2D eigenvalue weighted by molar-refractivity contribution is -0.137. The Kier molecular flexibility index (Phi) is 7.39. The molecule has 170 valence electrons. The molecule has 2 aromatic carbocycles. The second-order valence-electron chi connectivity index (χ2n) is 8.38. The zero-order chi connectivity index (χ0) is 22.3. The summed E-state index contributed by atoms with van der Waals surface area (Å²) in [6.45, 7) is 3.83. The number of carbonyl (C=O) groups excluding carboxylic acids is 2. The minimum Gasteiger partial charge on any atom is -0.382 e. The molecular formula is C25H31N3O4. The topological polar surface area (TPSA) is 71.1 Å². The summed E-state index contributed by atoms with van der Waals surface area (Å²) >= 11 is 0. The van der Waals surface area contributed by atoms with Crippen LogP contribution in [0.2, 0.25) is 0 Å². The smallest absolute Gasteiger partial charge is 0.322 e. The van der Waals surface area contributed by atoms with Crippen molar-refractivity contribution < 1.29 is 19.1 Å². The quantitative estimate of drug-likeness (QED) is 0.672. The Labute approximate surface area is 189 Å². The average Bonchev–Trinajstić information content (AvgIpc) is 3.27. The molecule has 0 aliphatic carbocycles. The first-order valence-corrected chi connectivity index (χ1v) is 11.2. The van der Waals surface area contributed by atoms with E-state index in [0.717, 1.165) is 31.6 Å². The molecule has 0 bridgehead atoms. The lowest BCUT2D eigenvalue weighted by atomic mass is 9.89. The summed E-state index contributed by atoms with van der Waals surface area (Å²) < 4.78 is 10.3. The van der Waals surface area contributed by atoms with E-state index in [2.05, 4.69) is 29.6 Å². The number of anilines is 1. The first-order chi connectivity index (χ1) is 15.6. The molecular weight excluding hydrogens is 406 g/mol. The van der Waals surface area contributed by atoms with Crippen molar-refractivity contribution in [3.05, 3.63) is 65.2 Å². The van der Waals surface area contributed by atoms with Gasteiger partial charge in [-0.05, 0) is 47.6 Å². The van der Waals surface area contributed by atoms with Crippen LogP contribution in [0.25, 0.3) is 0 Å². The Morgan fingerprint density at radius 1 is 0.938 bits per heavy atom. The monoisotopic (exact) mass is 437 g/mol. The van der Waals surface area contributed by atoms with E-state index in [1.54, 1.807) is 7.11 Å². The molecule has 1 N–H and O–H groups in total. The molecule has 7 heteroatoms. The highest BCUT2D eigenvalue weighted by atomic mass is 16.5. The zero-order valence-corrected chi connectivity index (χ0v) is 18.6. The molecule has 0 radical (unpaired) electrons. The Morgan fingerprint density at radius 3 is 2.22 bits per heavy atom. The number of amides is 3. The van der Waals surface area contributed by atoms with Gasteiger partial charge in [0.25, 0.3) is 0 Å². The molecule has 0 aromatic heterocycles. The Hall–Kier alpha value is -2.90. The van der Waals surface area contributed by atoms with Crippen LogP contribution in [0.4, 0.5) is 10.5 Å². The number of fused-ring (bicyclic) bond motifs is 1. The largest absolute Gasteiger partial charge is 0.382 e. The number of likely N-dealkylation sites (tertiary alicyclic amines) is 1. The van der Waals surface area contributed by atoms with Gasteiger partial charge < -0.3 is 24.6 Å². The van der Waals surface area contributed by atoms with E-state index >= 15 is 0 Å². The molecule has 2 aliphatic heterocycles. The first kappa shape index (κ1) is 22.3. The first-order valence-electron chi connectivity index (χ1n) is 11.2. The van der Waals surface area contributed by atoms with Crippen LogP contribution in [0.3, 0.4) is 0 Å². The van der Waals surface area contributed by atoms with Gasteiger partial charge in [-0.3, -0.25) is 4.79 Å². The van der Waals surface area contributed by atoms with Gasteiger partial charge >= 0.3 is 6.03 Å². The third-order valence-electron chi connectivity index (χ3n) is 6.27. The maximum absolute atomic E-state index is 12.6. The van der Waals surface area contributed by atoms with Gasteiger partial charge in [0.15, 0.2) is 0 Å². The van der Waals surface area contributed by atoms with E-state index in [9.17, 15) is 9.59 Å². The third kappa shape index (κ3) is 5.47. The van der Waals surface area contributed by atoms with E-state index in [0.29, 0.717) is 32.2 Å². The van der Waals surface area contributed by atoms with Crippen LogP contribution in [0.1, 0.15) is 35.4 Å². The number of nitrogens with one attached hydrogen (secondary N) is 1. The number of piperidine rings is 1. The van der Waals surface area contributed by atoms with Gasteiger partial charge in [-0.25, -0.2) is 4.79 Å². The normalized spacial score (nSPS) is 16.2. The molecule has 4 rings (SSSR count). The molecule has 2 heterocycles. The van der Waals surface area contributed by atoms with Crippen molar-refractivity contribution >= 4 is 17.6 Å². The zero-order valence-electron chi connectivity index (χ0n) is 18.6. The highest BCUT2D eigenvalue weighted by Crippen LogP contribution is 2.29. The van der Waals surface area contributed by atoms with Crippen molar-refractivity contribution in [1.82, 2.24) is 9.80 Å². The van der Waals surface area contributed by atoms with Crippen molar-refractivity contribution in [3.63, 3.8) is 0 Å². The minimum absolute atomic E-state index is 0.0432. The molecule has 1 fully saturated rings. The molecule has 0 unspecified atom stereocenters. The fourth-order valence-corrected chi connectivity index (χ4v) is 4.37. The van der Waals surface area contributed by atoms with Gasteiger partial charge in [0.2, 0.25) is 5.91 Å². The third-order valence-corrected chi connectivity index (χ3v) is 6.27. The lowest BCUT2D eigenvalue weighted by Crippen LogP contribution is -2.40. The predicted molar refractivity (Wildman–Crippen MR) is 122 cm³/mol. The standard InChI is InChI=1S/C25H31N3O4/c1-31-14-15-32-18-24(29)27-12-10-20(11-13-27)19-6-8-23(9-7-19)26-25(30)28-16-21-4-2-3-5-22(21)17-28/h2-9,20H,10-18H2,1H3,(H,26,30). The second-order valence-corrected chi connectivity index (χ2v) is 8.38. The van der Waals surface area contributed by atoms with Crippen LogP contribution in [0.5, 0.6) is 0 Å². The summed E-state index contributed by atoms with van der Waals surface area (Å²) in [7, 11) is 1.61. The Balaban J connectivity index is 1.23.